The fourth-order valence-electron chi connectivity index (χ4n) is 3.63. The lowest BCUT2D eigenvalue weighted by Crippen LogP contribution is -2.47. The Morgan fingerprint density at radius 3 is 2.66 bits per heavy atom. The molecular weight excluding hydrogens is 398 g/mol. The molecule has 3 aliphatic rings. The zero-order valence-electron chi connectivity index (χ0n) is 15.5. The van der Waals surface area contributed by atoms with Crippen LogP contribution >= 0.6 is 11.3 Å². The summed E-state index contributed by atoms with van der Waals surface area (Å²) in [5.74, 6) is 0.138. The summed E-state index contributed by atoms with van der Waals surface area (Å²) in [5, 5.41) is 4.75. The third-order valence-electron chi connectivity index (χ3n) is 5.20. The number of carbonyl (C=O) groups is 2. The summed E-state index contributed by atoms with van der Waals surface area (Å²) < 4.78 is 21.9. The predicted molar refractivity (Wildman–Crippen MR) is 102 cm³/mol. The van der Waals surface area contributed by atoms with Gasteiger partial charge in [-0.25, -0.2) is 4.98 Å². The van der Waals surface area contributed by atoms with E-state index in [2.05, 4.69) is 10.3 Å². The molecule has 1 spiro atoms. The van der Waals surface area contributed by atoms with Gasteiger partial charge < -0.3 is 23.8 Å². The van der Waals surface area contributed by atoms with Crippen molar-refractivity contribution in [3.05, 3.63) is 34.8 Å². The number of fused-ring (bicyclic) bond motifs is 1. The van der Waals surface area contributed by atoms with Crippen molar-refractivity contribution >= 4 is 28.3 Å². The number of hydrogen-bond donors (Lipinski definition) is 1. The van der Waals surface area contributed by atoms with Gasteiger partial charge in [0.2, 0.25) is 6.79 Å². The predicted octanol–water partition coefficient (Wildman–Crippen LogP) is 2.10. The molecular formula is C19H19N3O6S. The zero-order valence-corrected chi connectivity index (χ0v) is 16.3. The molecule has 4 heterocycles. The summed E-state index contributed by atoms with van der Waals surface area (Å²) in [5.41, 5.74) is 0.746. The second-order valence-electron chi connectivity index (χ2n) is 6.96. The third-order valence-corrected chi connectivity index (χ3v) is 5.96. The molecule has 0 radical (unpaired) electrons. The van der Waals surface area contributed by atoms with Crippen LogP contribution in [0.2, 0.25) is 0 Å². The van der Waals surface area contributed by atoms with Crippen LogP contribution in [0.25, 0.3) is 0 Å². The first-order valence-corrected chi connectivity index (χ1v) is 10.2. The van der Waals surface area contributed by atoms with Gasteiger partial charge in [-0.1, -0.05) is 0 Å². The molecule has 2 aromatic rings. The van der Waals surface area contributed by atoms with Crippen LogP contribution in [0.15, 0.2) is 23.6 Å². The smallest absolute Gasteiger partial charge is 0.273 e. The molecule has 2 amide bonds. The largest absolute Gasteiger partial charge is 0.454 e. The summed E-state index contributed by atoms with van der Waals surface area (Å²) in [7, 11) is 0. The van der Waals surface area contributed by atoms with Gasteiger partial charge in [-0.3, -0.25) is 14.9 Å². The summed E-state index contributed by atoms with van der Waals surface area (Å²) in [4.78, 5) is 31.3. The van der Waals surface area contributed by atoms with E-state index in [9.17, 15) is 9.59 Å². The lowest BCUT2D eigenvalue weighted by Gasteiger charge is -2.37. The van der Waals surface area contributed by atoms with E-state index < -0.39 is 5.79 Å². The average molecular weight is 417 g/mol. The number of anilines is 1. The zero-order chi connectivity index (χ0) is 19.8. The van der Waals surface area contributed by atoms with Gasteiger partial charge in [-0.2, -0.15) is 0 Å². The van der Waals surface area contributed by atoms with Gasteiger partial charge in [-0.15, -0.1) is 11.3 Å². The fourth-order valence-corrected chi connectivity index (χ4v) is 4.31. The lowest BCUT2D eigenvalue weighted by atomic mass is 10.0. The summed E-state index contributed by atoms with van der Waals surface area (Å²) in [6.45, 7) is 2.46. The molecule has 0 aliphatic carbocycles. The van der Waals surface area contributed by atoms with E-state index >= 15 is 0 Å². The maximum atomic E-state index is 12.7. The minimum absolute atomic E-state index is 0.147. The monoisotopic (exact) mass is 417 g/mol. The normalized spacial score (nSPS) is 19.5. The van der Waals surface area contributed by atoms with Gasteiger partial charge in [0.15, 0.2) is 22.4 Å². The van der Waals surface area contributed by atoms with Gasteiger partial charge in [0.25, 0.3) is 11.8 Å². The van der Waals surface area contributed by atoms with Gasteiger partial charge >= 0.3 is 0 Å². The molecule has 3 aliphatic heterocycles. The first-order valence-electron chi connectivity index (χ1n) is 9.36. The Balaban J connectivity index is 1.21. The highest BCUT2D eigenvalue weighted by atomic mass is 32.1. The van der Waals surface area contributed by atoms with Crippen molar-refractivity contribution in [2.75, 3.05) is 38.4 Å². The van der Waals surface area contributed by atoms with E-state index in [1.165, 1.54) is 11.3 Å². The fraction of sp³-hybridized carbons (Fsp3) is 0.421. The van der Waals surface area contributed by atoms with E-state index in [4.69, 9.17) is 18.9 Å². The number of benzene rings is 1. The van der Waals surface area contributed by atoms with Crippen molar-refractivity contribution in [3.63, 3.8) is 0 Å². The van der Waals surface area contributed by atoms with Gasteiger partial charge in [-0.05, 0) is 18.2 Å². The van der Waals surface area contributed by atoms with E-state index in [0.29, 0.717) is 67.0 Å². The average Bonchev–Trinajstić information content (AvgIpc) is 3.48. The molecule has 152 valence electrons. The highest BCUT2D eigenvalue weighted by Gasteiger charge is 2.41. The molecule has 0 saturated carbocycles. The summed E-state index contributed by atoms with van der Waals surface area (Å²) >= 11 is 1.21. The SMILES string of the molecule is O=C(Nc1nc(C(=O)N2CCC3(CC2)OCCO3)cs1)c1ccc2c(c1)OCO2. The van der Waals surface area contributed by atoms with Crippen LogP contribution in [0.5, 0.6) is 11.5 Å². The highest BCUT2D eigenvalue weighted by molar-refractivity contribution is 7.14. The molecule has 0 atom stereocenters. The van der Waals surface area contributed by atoms with Crippen LogP contribution in [0.3, 0.4) is 0 Å². The first kappa shape index (κ1) is 18.3. The van der Waals surface area contributed by atoms with Crippen LogP contribution in [0, 0.1) is 0 Å². The number of rotatable bonds is 3. The molecule has 1 aromatic heterocycles. The Morgan fingerprint density at radius 1 is 1.10 bits per heavy atom. The molecule has 10 heteroatoms. The number of likely N-dealkylation sites (tertiary alicyclic amines) is 1. The number of ether oxygens (including phenoxy) is 4. The van der Waals surface area contributed by atoms with Crippen molar-refractivity contribution < 1.29 is 28.5 Å². The number of nitrogens with one attached hydrogen (secondary N) is 1. The van der Waals surface area contributed by atoms with E-state index in [1.807, 2.05) is 0 Å². The standard InChI is InChI=1S/C19H19N3O6S/c23-16(12-1-2-14-15(9-12)26-11-25-14)21-18-20-13(10-29-18)17(24)22-5-3-19(4-6-22)27-7-8-28-19/h1-2,9-10H,3-8,11H2,(H,20,21,23). The number of carbonyl (C=O) groups excluding carboxylic acids is 2. The number of nitrogens with zero attached hydrogens (tertiary/aromatic N) is 2. The van der Waals surface area contributed by atoms with Crippen LogP contribution < -0.4 is 14.8 Å². The summed E-state index contributed by atoms with van der Waals surface area (Å²) in [6, 6.07) is 4.96. The Hall–Kier alpha value is -2.69. The van der Waals surface area contributed by atoms with Crippen LogP contribution in [-0.2, 0) is 9.47 Å². The molecule has 29 heavy (non-hydrogen) atoms. The van der Waals surface area contributed by atoms with Crippen molar-refractivity contribution in [2.45, 2.75) is 18.6 Å². The number of amides is 2. The van der Waals surface area contributed by atoms with Gasteiger partial charge in [0.05, 0.1) is 13.2 Å². The molecule has 2 fully saturated rings. The molecule has 0 bridgehead atoms. The topological polar surface area (TPSA) is 99.2 Å². The quantitative estimate of drug-likeness (QED) is 0.816. The molecule has 1 aromatic carbocycles. The van der Waals surface area contributed by atoms with Crippen LogP contribution in [0.1, 0.15) is 33.7 Å². The number of hydrogen-bond acceptors (Lipinski definition) is 8. The van der Waals surface area contributed by atoms with E-state index in [-0.39, 0.29) is 18.6 Å². The molecule has 2 saturated heterocycles. The molecule has 1 N–H and O–H groups in total. The number of aromatic nitrogens is 1. The number of piperidine rings is 1. The van der Waals surface area contributed by atoms with Crippen molar-refractivity contribution in [3.8, 4) is 11.5 Å². The maximum Gasteiger partial charge on any atom is 0.273 e. The lowest BCUT2D eigenvalue weighted by molar-refractivity contribution is -0.181. The Kier molecular flexibility index (Phi) is 4.61. The van der Waals surface area contributed by atoms with Crippen molar-refractivity contribution in [2.24, 2.45) is 0 Å². The van der Waals surface area contributed by atoms with Crippen LogP contribution in [0.4, 0.5) is 5.13 Å². The maximum absolute atomic E-state index is 12.7. The van der Waals surface area contributed by atoms with Gasteiger partial charge in [0.1, 0.15) is 5.69 Å². The second-order valence-corrected chi connectivity index (χ2v) is 7.82. The minimum atomic E-state index is -0.525. The van der Waals surface area contributed by atoms with E-state index in [1.54, 1.807) is 28.5 Å². The second kappa shape index (κ2) is 7.29. The molecule has 9 nitrogen and oxygen atoms in total. The van der Waals surface area contributed by atoms with Gasteiger partial charge in [0, 0.05) is 36.9 Å². The number of thiazole rings is 1. The molecule has 0 unspecified atom stereocenters. The molecule has 5 rings (SSSR count). The van der Waals surface area contributed by atoms with Crippen molar-refractivity contribution in [1.82, 2.24) is 9.88 Å². The minimum Gasteiger partial charge on any atom is -0.454 e. The Labute approximate surface area is 170 Å². The Bertz CT molecular complexity index is 945. The first-order chi connectivity index (χ1) is 14.1. The van der Waals surface area contributed by atoms with Crippen LogP contribution in [-0.4, -0.2) is 60.6 Å². The summed E-state index contributed by atoms with van der Waals surface area (Å²) in [6.07, 6.45) is 1.30. The highest BCUT2D eigenvalue weighted by Crippen LogP contribution is 2.33. The van der Waals surface area contributed by atoms with E-state index in [0.717, 1.165) is 0 Å². The third kappa shape index (κ3) is 3.54. The Morgan fingerprint density at radius 2 is 1.86 bits per heavy atom. The van der Waals surface area contributed by atoms with Crippen molar-refractivity contribution in [1.29, 1.82) is 0 Å².